The number of likely N-dealkylation sites (tertiary alicyclic amines) is 1. The van der Waals surface area contributed by atoms with Crippen molar-refractivity contribution in [2.45, 2.75) is 64.3 Å². The van der Waals surface area contributed by atoms with Gasteiger partial charge in [0.25, 0.3) is 0 Å². The van der Waals surface area contributed by atoms with Gasteiger partial charge < -0.3 is 14.5 Å². The van der Waals surface area contributed by atoms with Crippen molar-refractivity contribution in [3.05, 3.63) is 48.3 Å². The summed E-state index contributed by atoms with van der Waals surface area (Å²) >= 11 is 0. The van der Waals surface area contributed by atoms with Gasteiger partial charge in [0.15, 0.2) is 17.5 Å². The van der Waals surface area contributed by atoms with Crippen LogP contribution in [-0.2, 0) is 4.74 Å². The van der Waals surface area contributed by atoms with Gasteiger partial charge >= 0.3 is 0 Å². The summed E-state index contributed by atoms with van der Waals surface area (Å²) in [4.78, 5) is 4.55. The number of hydrogen-bond acceptors (Lipinski definition) is 6. The van der Waals surface area contributed by atoms with Gasteiger partial charge in [0.1, 0.15) is 6.23 Å². The van der Waals surface area contributed by atoms with E-state index in [9.17, 15) is 0 Å². The largest absolute Gasteiger partial charge is 0.357 e. The Labute approximate surface area is 217 Å². The maximum atomic E-state index is 15.2. The van der Waals surface area contributed by atoms with Crippen molar-refractivity contribution in [1.82, 2.24) is 24.9 Å². The number of halogens is 2. The van der Waals surface area contributed by atoms with Crippen LogP contribution in [0.15, 0.2) is 36.7 Å². The molecule has 4 heterocycles. The molecule has 198 valence electrons. The van der Waals surface area contributed by atoms with Gasteiger partial charge in [-0.15, -0.1) is 10.2 Å². The van der Waals surface area contributed by atoms with Crippen molar-refractivity contribution < 1.29 is 13.5 Å². The Morgan fingerprint density at radius 2 is 1.78 bits per heavy atom. The lowest BCUT2D eigenvalue weighted by atomic mass is 9.77. The standard InChI is InChI=1S/C28H36F2N6O/c1-18-23(13-14-34(4)28(18,2)3)35(5)24-12-11-22(32-33-24)21-10-9-20(26(29)27(21)30)19-16-31-36(17-19)25-8-6-7-15-37-25/h9-12,16-18,23,25H,6-8,13-15H2,1-5H3. The Hall–Kier alpha value is -2.91. The van der Waals surface area contributed by atoms with Crippen LogP contribution in [0.5, 0.6) is 0 Å². The van der Waals surface area contributed by atoms with Crippen molar-refractivity contribution in [3.8, 4) is 22.4 Å². The topological polar surface area (TPSA) is 59.3 Å². The molecule has 3 aromatic rings. The molecule has 7 nitrogen and oxygen atoms in total. The maximum Gasteiger partial charge on any atom is 0.168 e. The van der Waals surface area contributed by atoms with E-state index in [2.05, 4.69) is 52.9 Å². The summed E-state index contributed by atoms with van der Waals surface area (Å²) in [7, 11) is 4.19. The molecule has 37 heavy (non-hydrogen) atoms. The van der Waals surface area contributed by atoms with Gasteiger partial charge in [-0.3, -0.25) is 0 Å². The van der Waals surface area contributed by atoms with Gasteiger partial charge in [-0.1, -0.05) is 13.0 Å². The van der Waals surface area contributed by atoms with Gasteiger partial charge in [-0.05, 0) is 70.7 Å². The van der Waals surface area contributed by atoms with Gasteiger partial charge in [0, 0.05) is 54.7 Å². The van der Waals surface area contributed by atoms with Crippen LogP contribution in [0.25, 0.3) is 22.4 Å². The number of piperidine rings is 1. The summed E-state index contributed by atoms with van der Waals surface area (Å²) in [6.45, 7) is 8.48. The molecular formula is C28H36F2N6O. The predicted octanol–water partition coefficient (Wildman–Crippen LogP) is 5.54. The first-order chi connectivity index (χ1) is 17.7. The summed E-state index contributed by atoms with van der Waals surface area (Å²) in [5.41, 5.74) is 1.11. The zero-order valence-corrected chi connectivity index (χ0v) is 22.3. The van der Waals surface area contributed by atoms with Crippen molar-refractivity contribution in [2.75, 3.05) is 32.1 Å². The van der Waals surface area contributed by atoms with Crippen LogP contribution >= 0.6 is 0 Å². The summed E-state index contributed by atoms with van der Waals surface area (Å²) in [6, 6.07) is 6.97. The number of benzene rings is 1. The SMILES string of the molecule is CC1C(N(C)c2ccc(-c3ccc(-c4cnn(C5CCCCO5)c4)c(F)c3F)nn2)CCN(C)C1(C)C. The summed E-state index contributed by atoms with van der Waals surface area (Å²) < 4.78 is 37.8. The lowest BCUT2D eigenvalue weighted by molar-refractivity contribution is -0.0394. The van der Waals surface area contributed by atoms with Crippen LogP contribution in [0.4, 0.5) is 14.6 Å². The Morgan fingerprint density at radius 3 is 2.49 bits per heavy atom. The molecule has 0 spiro atoms. The Balaban J connectivity index is 1.35. The van der Waals surface area contributed by atoms with Crippen LogP contribution in [0.3, 0.4) is 0 Å². The average molecular weight is 511 g/mol. The van der Waals surface area contributed by atoms with Gasteiger partial charge in [-0.2, -0.15) is 5.10 Å². The molecule has 2 aliphatic rings. The van der Waals surface area contributed by atoms with Crippen molar-refractivity contribution in [2.24, 2.45) is 5.92 Å². The van der Waals surface area contributed by atoms with Crippen molar-refractivity contribution in [3.63, 3.8) is 0 Å². The van der Waals surface area contributed by atoms with Crippen LogP contribution in [0.1, 0.15) is 52.7 Å². The highest BCUT2D eigenvalue weighted by Gasteiger charge is 2.41. The third-order valence-electron chi connectivity index (χ3n) is 8.67. The van der Waals surface area contributed by atoms with Crippen LogP contribution in [0, 0.1) is 17.6 Å². The third kappa shape index (κ3) is 4.75. The number of rotatable bonds is 5. The summed E-state index contributed by atoms with van der Waals surface area (Å²) in [5.74, 6) is -0.742. The molecule has 3 unspecified atom stereocenters. The number of aromatic nitrogens is 4. The quantitative estimate of drug-likeness (QED) is 0.449. The Bertz CT molecular complexity index is 1240. The fourth-order valence-electron chi connectivity index (χ4n) is 5.58. The molecule has 5 rings (SSSR count). The Kier molecular flexibility index (Phi) is 7.02. The average Bonchev–Trinajstić information content (AvgIpc) is 3.40. The molecule has 0 amide bonds. The van der Waals surface area contributed by atoms with E-state index in [-0.39, 0.29) is 22.9 Å². The molecular weight excluding hydrogens is 474 g/mol. The maximum absolute atomic E-state index is 15.2. The fraction of sp³-hybridized carbons (Fsp3) is 0.536. The lowest BCUT2D eigenvalue weighted by Gasteiger charge is -2.51. The first-order valence-corrected chi connectivity index (χ1v) is 13.1. The molecule has 2 fully saturated rings. The first kappa shape index (κ1) is 25.7. The molecule has 1 aromatic carbocycles. The number of hydrogen-bond donors (Lipinski definition) is 0. The van der Waals surface area contributed by atoms with E-state index in [1.807, 2.05) is 13.1 Å². The molecule has 2 aromatic heterocycles. The molecule has 2 aliphatic heterocycles. The van der Waals surface area contributed by atoms with Crippen LogP contribution in [0.2, 0.25) is 0 Å². The number of nitrogens with zero attached hydrogens (tertiary/aromatic N) is 6. The normalized spacial score (nSPS) is 24.2. The van der Waals surface area contributed by atoms with Gasteiger partial charge in [-0.25, -0.2) is 13.5 Å². The zero-order valence-electron chi connectivity index (χ0n) is 22.3. The minimum absolute atomic E-state index is 0.0624. The highest BCUT2D eigenvalue weighted by molar-refractivity contribution is 5.69. The molecule has 0 saturated carbocycles. The number of anilines is 1. The van der Waals surface area contributed by atoms with E-state index in [0.717, 1.165) is 38.0 Å². The number of ether oxygens (including phenoxy) is 1. The fourth-order valence-corrected chi connectivity index (χ4v) is 5.58. The van der Waals surface area contributed by atoms with E-state index in [4.69, 9.17) is 4.74 Å². The van der Waals surface area contributed by atoms with E-state index >= 15 is 8.78 Å². The summed E-state index contributed by atoms with van der Waals surface area (Å²) in [5, 5.41) is 13.0. The molecule has 0 aliphatic carbocycles. The third-order valence-corrected chi connectivity index (χ3v) is 8.67. The smallest absolute Gasteiger partial charge is 0.168 e. The van der Waals surface area contributed by atoms with Crippen LogP contribution in [-0.4, -0.2) is 63.7 Å². The molecule has 9 heteroatoms. The van der Waals surface area contributed by atoms with Crippen LogP contribution < -0.4 is 4.90 Å². The molecule has 0 N–H and O–H groups in total. The molecule has 0 bridgehead atoms. The predicted molar refractivity (Wildman–Crippen MR) is 140 cm³/mol. The van der Waals surface area contributed by atoms with Crippen molar-refractivity contribution >= 4 is 5.82 Å². The van der Waals surface area contributed by atoms with E-state index in [1.54, 1.807) is 35.3 Å². The lowest BCUT2D eigenvalue weighted by Crippen LogP contribution is -2.59. The first-order valence-electron chi connectivity index (χ1n) is 13.1. The minimum atomic E-state index is -0.944. The van der Waals surface area contributed by atoms with Crippen molar-refractivity contribution in [1.29, 1.82) is 0 Å². The second kappa shape index (κ2) is 10.1. The minimum Gasteiger partial charge on any atom is -0.357 e. The van der Waals surface area contributed by atoms with E-state index < -0.39 is 11.6 Å². The summed E-state index contributed by atoms with van der Waals surface area (Å²) in [6.07, 6.45) is 7.06. The highest BCUT2D eigenvalue weighted by atomic mass is 19.2. The highest BCUT2D eigenvalue weighted by Crippen LogP contribution is 2.36. The molecule has 2 saturated heterocycles. The van der Waals surface area contributed by atoms with E-state index in [0.29, 0.717) is 29.8 Å². The Morgan fingerprint density at radius 1 is 1.03 bits per heavy atom. The monoisotopic (exact) mass is 510 g/mol. The molecule has 0 radical (unpaired) electrons. The van der Waals surface area contributed by atoms with Gasteiger partial charge in [0.2, 0.25) is 0 Å². The zero-order chi connectivity index (χ0) is 26.3. The second-order valence-corrected chi connectivity index (χ2v) is 10.9. The van der Waals surface area contributed by atoms with Gasteiger partial charge in [0.05, 0.1) is 11.9 Å². The second-order valence-electron chi connectivity index (χ2n) is 10.9. The van der Waals surface area contributed by atoms with E-state index in [1.165, 1.54) is 0 Å². The molecule has 3 atom stereocenters.